The summed E-state index contributed by atoms with van der Waals surface area (Å²) in [4.78, 5) is 0. The average molecular weight is 489 g/mol. The second-order valence-corrected chi connectivity index (χ2v) is 10.3. The highest BCUT2D eigenvalue weighted by atomic mass is 16.5. The van der Waals surface area contributed by atoms with E-state index in [9.17, 15) is 0 Å². The molecule has 0 fully saturated rings. The molecule has 0 amide bonds. The summed E-state index contributed by atoms with van der Waals surface area (Å²) < 4.78 is 25.5. The Morgan fingerprint density at radius 2 is 1.50 bits per heavy atom. The fraction of sp³-hybridized carbons (Fsp3) is 0.387. The van der Waals surface area contributed by atoms with Crippen molar-refractivity contribution in [3.8, 4) is 23.0 Å². The number of benzene rings is 3. The summed E-state index contributed by atoms with van der Waals surface area (Å²) in [6, 6.07) is 19.0. The lowest BCUT2D eigenvalue weighted by Gasteiger charge is -2.21. The summed E-state index contributed by atoms with van der Waals surface area (Å²) in [5, 5.41) is 0. The lowest BCUT2D eigenvalue weighted by atomic mass is 9.87. The molecule has 0 radical (unpaired) electrons. The van der Waals surface area contributed by atoms with Crippen molar-refractivity contribution in [1.29, 1.82) is 0 Å². The molecule has 0 aromatic heterocycles. The molecule has 1 heterocycles. The second-order valence-electron chi connectivity index (χ2n) is 10.3. The van der Waals surface area contributed by atoms with Gasteiger partial charge in [0.05, 0.1) is 26.9 Å². The van der Waals surface area contributed by atoms with E-state index in [0.717, 1.165) is 53.6 Å². The van der Waals surface area contributed by atoms with Crippen LogP contribution in [0.5, 0.6) is 23.0 Å². The maximum Gasteiger partial charge on any atom is 0.180 e. The van der Waals surface area contributed by atoms with Gasteiger partial charge in [0.2, 0.25) is 0 Å². The summed E-state index contributed by atoms with van der Waals surface area (Å²) in [5.41, 5.74) is 7.37. The van der Waals surface area contributed by atoms with Crippen molar-refractivity contribution in [2.45, 2.75) is 52.7 Å². The van der Waals surface area contributed by atoms with Crippen LogP contribution >= 0.6 is 0 Å². The molecule has 5 heteroatoms. The first-order valence-corrected chi connectivity index (χ1v) is 12.5. The number of hydrogen-bond acceptors (Lipinski definition) is 4. The molecule has 190 valence electrons. The quantitative estimate of drug-likeness (QED) is 0.356. The van der Waals surface area contributed by atoms with Crippen molar-refractivity contribution in [3.63, 3.8) is 0 Å². The highest BCUT2D eigenvalue weighted by molar-refractivity contribution is 5.97. The number of rotatable bonds is 8. The van der Waals surface area contributed by atoms with Gasteiger partial charge in [0.15, 0.2) is 35.3 Å². The molecule has 5 nitrogen and oxygen atoms in total. The zero-order valence-corrected chi connectivity index (χ0v) is 22.6. The van der Waals surface area contributed by atoms with Gasteiger partial charge in [0.25, 0.3) is 0 Å². The Labute approximate surface area is 215 Å². The molecule has 36 heavy (non-hydrogen) atoms. The molecule has 0 atom stereocenters. The normalized spacial score (nSPS) is 13.3. The number of methoxy groups -OCH3 is 3. The molecule has 0 spiro atoms. The van der Waals surface area contributed by atoms with Gasteiger partial charge < -0.3 is 18.9 Å². The summed E-state index contributed by atoms with van der Waals surface area (Å²) in [5.74, 6) is 3.07. The lowest BCUT2D eigenvalue weighted by molar-refractivity contribution is -0.545. The van der Waals surface area contributed by atoms with Crippen LogP contribution in [0.1, 0.15) is 55.5 Å². The van der Waals surface area contributed by atoms with E-state index in [1.807, 2.05) is 12.1 Å². The van der Waals surface area contributed by atoms with Crippen molar-refractivity contribution in [2.75, 3.05) is 27.9 Å². The predicted molar refractivity (Wildman–Crippen MR) is 144 cm³/mol. The molecule has 0 saturated heterocycles. The van der Waals surface area contributed by atoms with E-state index in [1.165, 1.54) is 22.4 Å². The van der Waals surface area contributed by atoms with Crippen LogP contribution in [0, 0.1) is 0 Å². The van der Waals surface area contributed by atoms with E-state index < -0.39 is 0 Å². The Morgan fingerprint density at radius 1 is 0.833 bits per heavy atom. The van der Waals surface area contributed by atoms with Crippen LogP contribution in [0.2, 0.25) is 0 Å². The van der Waals surface area contributed by atoms with Crippen molar-refractivity contribution >= 4 is 5.71 Å². The standard InChI is InChI=1S/C31H38NO4/c1-21-26-18-29(35-7)28(34-6)17-23(26)15-16-32(21)19-24-9-8-10-27(33-5)30(24)36-20-22-11-13-25(14-12-22)31(2,3)4/h8-14,17-18H,15-16,19-20H2,1-7H3/q+1. The van der Waals surface area contributed by atoms with Gasteiger partial charge in [-0.3, -0.25) is 0 Å². The third-order valence-corrected chi connectivity index (χ3v) is 6.97. The van der Waals surface area contributed by atoms with E-state index >= 15 is 0 Å². The third kappa shape index (κ3) is 5.35. The molecule has 0 aliphatic carbocycles. The molecule has 0 saturated carbocycles. The first kappa shape index (κ1) is 25.6. The molecule has 0 bridgehead atoms. The predicted octanol–water partition coefficient (Wildman–Crippen LogP) is 6.17. The number of para-hydroxylation sites is 1. The van der Waals surface area contributed by atoms with Crippen LogP contribution < -0.4 is 18.9 Å². The van der Waals surface area contributed by atoms with Crippen LogP contribution in [0.15, 0.2) is 54.6 Å². The molecule has 1 aliphatic heterocycles. The summed E-state index contributed by atoms with van der Waals surface area (Å²) >= 11 is 0. The van der Waals surface area contributed by atoms with Gasteiger partial charge in [0.1, 0.15) is 13.2 Å². The van der Waals surface area contributed by atoms with Crippen molar-refractivity contribution in [2.24, 2.45) is 0 Å². The fourth-order valence-corrected chi connectivity index (χ4v) is 4.73. The number of fused-ring (bicyclic) bond motifs is 1. The van der Waals surface area contributed by atoms with Crippen molar-refractivity contribution in [3.05, 3.63) is 82.4 Å². The Kier molecular flexibility index (Phi) is 7.58. The molecule has 0 unspecified atom stereocenters. The minimum Gasteiger partial charge on any atom is -0.493 e. The third-order valence-electron chi connectivity index (χ3n) is 6.97. The summed E-state index contributed by atoms with van der Waals surface area (Å²) in [7, 11) is 5.05. The van der Waals surface area contributed by atoms with Crippen LogP contribution in [-0.2, 0) is 25.0 Å². The average Bonchev–Trinajstić information content (AvgIpc) is 2.88. The van der Waals surface area contributed by atoms with Gasteiger partial charge in [-0.05, 0) is 46.4 Å². The maximum atomic E-state index is 6.39. The van der Waals surface area contributed by atoms with Crippen molar-refractivity contribution < 1.29 is 23.5 Å². The second kappa shape index (κ2) is 10.7. The largest absolute Gasteiger partial charge is 0.493 e. The first-order valence-electron chi connectivity index (χ1n) is 12.5. The van der Waals surface area contributed by atoms with E-state index in [0.29, 0.717) is 6.61 Å². The van der Waals surface area contributed by atoms with Crippen LogP contribution in [0.3, 0.4) is 0 Å². The molecule has 1 aliphatic rings. The fourth-order valence-electron chi connectivity index (χ4n) is 4.73. The zero-order chi connectivity index (χ0) is 25.9. The first-order chi connectivity index (χ1) is 17.2. The molecule has 3 aromatic carbocycles. The maximum absolute atomic E-state index is 6.39. The van der Waals surface area contributed by atoms with Crippen LogP contribution in [0.4, 0.5) is 0 Å². The molecular formula is C31H38NO4+. The van der Waals surface area contributed by atoms with Crippen LogP contribution in [-0.4, -0.2) is 38.2 Å². The van der Waals surface area contributed by atoms with E-state index in [-0.39, 0.29) is 5.41 Å². The van der Waals surface area contributed by atoms with Gasteiger partial charge in [-0.2, -0.15) is 0 Å². The minimum atomic E-state index is 0.131. The lowest BCUT2D eigenvalue weighted by Crippen LogP contribution is -2.28. The number of hydrogen-bond donors (Lipinski definition) is 0. The Bertz CT molecular complexity index is 1250. The molecule has 4 rings (SSSR count). The van der Waals surface area contributed by atoms with E-state index in [4.69, 9.17) is 18.9 Å². The minimum absolute atomic E-state index is 0.131. The topological polar surface area (TPSA) is 39.9 Å². The van der Waals surface area contributed by atoms with E-state index in [2.05, 4.69) is 74.7 Å². The van der Waals surface area contributed by atoms with Gasteiger partial charge >= 0.3 is 0 Å². The van der Waals surface area contributed by atoms with Crippen molar-refractivity contribution in [1.82, 2.24) is 0 Å². The molecule has 3 aromatic rings. The van der Waals surface area contributed by atoms with E-state index in [1.54, 1.807) is 21.3 Å². The highest BCUT2D eigenvalue weighted by Gasteiger charge is 2.26. The van der Waals surface area contributed by atoms with Gasteiger partial charge in [-0.15, -0.1) is 0 Å². The Hall–Kier alpha value is -3.47. The number of nitrogens with zero attached hydrogens (tertiary/aromatic N) is 1. The number of ether oxygens (including phenoxy) is 4. The SMILES string of the molecule is COc1cc2c(cc1OC)C(C)=[N+](Cc1cccc(OC)c1OCc1ccc(C(C)(C)C)cc1)CC2. The molecular weight excluding hydrogens is 450 g/mol. The zero-order valence-electron chi connectivity index (χ0n) is 22.6. The summed E-state index contributed by atoms with van der Waals surface area (Å²) in [6.07, 6.45) is 0.938. The summed E-state index contributed by atoms with van der Waals surface area (Å²) in [6.45, 7) is 11.0. The Balaban J connectivity index is 1.60. The van der Waals surface area contributed by atoms with Gasteiger partial charge in [-0.1, -0.05) is 51.1 Å². The smallest absolute Gasteiger partial charge is 0.180 e. The van der Waals surface area contributed by atoms with Crippen LogP contribution in [0.25, 0.3) is 0 Å². The highest BCUT2D eigenvalue weighted by Crippen LogP contribution is 2.35. The van der Waals surface area contributed by atoms with Gasteiger partial charge in [0, 0.05) is 18.9 Å². The Morgan fingerprint density at radius 3 is 2.14 bits per heavy atom. The van der Waals surface area contributed by atoms with Gasteiger partial charge in [-0.25, -0.2) is 4.58 Å². The monoisotopic (exact) mass is 488 g/mol. The molecule has 0 N–H and O–H groups in total.